The van der Waals surface area contributed by atoms with Gasteiger partial charge in [-0.05, 0) is 50.9 Å². The molecule has 0 aliphatic carbocycles. The third-order valence-electron chi connectivity index (χ3n) is 4.31. The summed E-state index contributed by atoms with van der Waals surface area (Å²) in [7, 11) is 8.37. The first-order valence-corrected chi connectivity index (χ1v) is 9.86. The molecule has 0 fully saturated rings. The number of hydrogen-bond acceptors (Lipinski definition) is 2. The van der Waals surface area contributed by atoms with Crippen LogP contribution >= 0.6 is 0 Å². The first kappa shape index (κ1) is 17.7. The van der Waals surface area contributed by atoms with Crippen molar-refractivity contribution in [3.05, 3.63) is 72.3 Å². The Labute approximate surface area is 143 Å². The highest BCUT2D eigenvalue weighted by Crippen LogP contribution is 2.20. The fraction of sp³-hybridized carbons (Fsp3) is 0.300. The molecule has 0 spiro atoms. The van der Waals surface area contributed by atoms with E-state index in [1.54, 1.807) is 0 Å². The summed E-state index contributed by atoms with van der Waals surface area (Å²) in [6, 6.07) is 20.7. The number of rotatable bonds is 7. The second-order valence-corrected chi connectivity index (χ2v) is 8.38. The van der Waals surface area contributed by atoms with Gasteiger partial charge in [0.05, 0.1) is 15.7 Å². The van der Waals surface area contributed by atoms with Gasteiger partial charge in [0.2, 0.25) is 0 Å². The molecular formula is C20H28N2Si. The first-order chi connectivity index (χ1) is 11.0. The van der Waals surface area contributed by atoms with Crippen molar-refractivity contribution >= 4 is 20.3 Å². The predicted octanol–water partition coefficient (Wildman–Crippen LogP) is 2.41. The van der Waals surface area contributed by atoms with Crippen LogP contribution in [0.2, 0.25) is 6.04 Å². The average Bonchev–Trinajstić information content (AvgIpc) is 2.55. The third-order valence-corrected chi connectivity index (χ3v) is 6.16. The quantitative estimate of drug-likeness (QED) is 0.570. The second-order valence-electron chi connectivity index (χ2n) is 6.49. The van der Waals surface area contributed by atoms with Gasteiger partial charge < -0.3 is 0 Å². The van der Waals surface area contributed by atoms with E-state index < -0.39 is 0 Å². The second kappa shape index (κ2) is 8.25. The molecule has 0 bridgehead atoms. The Balaban J connectivity index is 2.01. The Bertz CT molecular complexity index is 610. The lowest BCUT2D eigenvalue weighted by molar-refractivity contribution is 0.147. The molecule has 2 rings (SSSR count). The van der Waals surface area contributed by atoms with Gasteiger partial charge in [0, 0.05) is 0 Å². The molecule has 0 saturated heterocycles. The van der Waals surface area contributed by atoms with E-state index in [2.05, 4.69) is 93.1 Å². The van der Waals surface area contributed by atoms with Gasteiger partial charge in [0.15, 0.2) is 0 Å². The molecule has 0 amide bonds. The Morgan fingerprint density at radius 1 is 0.870 bits per heavy atom. The van der Waals surface area contributed by atoms with Gasteiger partial charge in [-0.3, -0.25) is 9.80 Å². The van der Waals surface area contributed by atoms with Crippen LogP contribution in [0.4, 0.5) is 0 Å². The van der Waals surface area contributed by atoms with Gasteiger partial charge in [-0.25, -0.2) is 0 Å². The monoisotopic (exact) mass is 324 g/mol. The van der Waals surface area contributed by atoms with Crippen molar-refractivity contribution in [3.8, 4) is 0 Å². The lowest BCUT2D eigenvalue weighted by Gasteiger charge is -2.30. The lowest BCUT2D eigenvalue weighted by atomic mass is 10.00. The van der Waals surface area contributed by atoms with E-state index in [1.165, 1.54) is 22.4 Å². The van der Waals surface area contributed by atoms with Crippen LogP contribution in [0.1, 0.15) is 11.1 Å². The summed E-state index contributed by atoms with van der Waals surface area (Å²) >= 11 is 0. The summed E-state index contributed by atoms with van der Waals surface area (Å²) in [6.45, 7) is 4.24. The van der Waals surface area contributed by atoms with Crippen LogP contribution in [0.3, 0.4) is 0 Å². The van der Waals surface area contributed by atoms with Crippen molar-refractivity contribution in [2.75, 3.05) is 28.2 Å². The molecule has 23 heavy (non-hydrogen) atoms. The first-order valence-electron chi connectivity index (χ1n) is 8.15. The van der Waals surface area contributed by atoms with Gasteiger partial charge in [0.25, 0.3) is 0 Å². The average molecular weight is 325 g/mol. The van der Waals surface area contributed by atoms with Crippen LogP contribution in [-0.2, 0) is 0 Å². The molecule has 0 radical (unpaired) electrons. The van der Waals surface area contributed by atoms with Crippen molar-refractivity contribution in [1.82, 2.24) is 9.80 Å². The molecule has 0 unspecified atom stereocenters. The summed E-state index contributed by atoms with van der Waals surface area (Å²) in [4.78, 5) is 4.61. The number of benzene rings is 2. The van der Waals surface area contributed by atoms with Crippen LogP contribution in [0.25, 0.3) is 5.57 Å². The molecule has 2 aromatic rings. The standard InChI is InChI=1S/C20H28N2Si/c1-16(17-9-7-6-8-10-17)18-11-13-19(14-12-18)23-15-20(21(2)3)22(4)5/h6-14,20H,1,15,23H2,2-5H3. The summed E-state index contributed by atoms with van der Waals surface area (Å²) < 4.78 is 0. The van der Waals surface area contributed by atoms with Gasteiger partial charge in [0.1, 0.15) is 0 Å². The van der Waals surface area contributed by atoms with E-state index in [0.717, 1.165) is 5.57 Å². The number of nitrogens with zero attached hydrogens (tertiary/aromatic N) is 2. The molecule has 0 aliphatic heterocycles. The Morgan fingerprint density at radius 3 is 1.91 bits per heavy atom. The highest BCUT2D eigenvalue weighted by Gasteiger charge is 2.13. The molecule has 0 N–H and O–H groups in total. The Morgan fingerprint density at radius 2 is 1.39 bits per heavy atom. The van der Waals surface area contributed by atoms with Crippen molar-refractivity contribution in [2.24, 2.45) is 0 Å². The molecule has 122 valence electrons. The zero-order valence-corrected chi connectivity index (χ0v) is 16.2. The van der Waals surface area contributed by atoms with Crippen molar-refractivity contribution in [1.29, 1.82) is 0 Å². The zero-order valence-electron chi connectivity index (χ0n) is 14.8. The highest BCUT2D eigenvalue weighted by atomic mass is 28.2. The molecule has 0 aromatic heterocycles. The molecule has 2 aromatic carbocycles. The fourth-order valence-electron chi connectivity index (χ4n) is 2.95. The molecule has 0 aliphatic rings. The van der Waals surface area contributed by atoms with E-state index >= 15 is 0 Å². The van der Waals surface area contributed by atoms with Gasteiger partial charge in [-0.1, -0.05) is 66.4 Å². The molecule has 2 nitrogen and oxygen atoms in total. The van der Waals surface area contributed by atoms with Gasteiger partial charge in [-0.15, -0.1) is 0 Å². The van der Waals surface area contributed by atoms with E-state index in [0.29, 0.717) is 6.17 Å². The number of hydrogen-bond donors (Lipinski definition) is 0. The summed E-state index contributed by atoms with van der Waals surface area (Å²) in [5, 5.41) is 1.52. The maximum atomic E-state index is 4.24. The minimum atomic E-state index is -0.261. The maximum Gasteiger partial charge on any atom is 0.0586 e. The molecule has 0 atom stereocenters. The predicted molar refractivity (Wildman–Crippen MR) is 105 cm³/mol. The summed E-state index contributed by atoms with van der Waals surface area (Å²) in [6.07, 6.45) is 0.528. The van der Waals surface area contributed by atoms with Crippen molar-refractivity contribution in [3.63, 3.8) is 0 Å². The van der Waals surface area contributed by atoms with Crippen molar-refractivity contribution in [2.45, 2.75) is 12.2 Å². The van der Waals surface area contributed by atoms with Crippen LogP contribution in [0, 0.1) is 0 Å². The maximum absolute atomic E-state index is 4.24. The normalized spacial score (nSPS) is 12.0. The van der Waals surface area contributed by atoms with Gasteiger partial charge in [-0.2, -0.15) is 0 Å². The van der Waals surface area contributed by atoms with Crippen LogP contribution in [0.5, 0.6) is 0 Å². The molecule has 3 heteroatoms. The van der Waals surface area contributed by atoms with E-state index in [9.17, 15) is 0 Å². The largest absolute Gasteiger partial charge is 0.294 e. The van der Waals surface area contributed by atoms with Crippen LogP contribution in [0.15, 0.2) is 61.2 Å². The summed E-state index contributed by atoms with van der Waals surface area (Å²) in [5.74, 6) is 0. The molecule has 0 saturated carbocycles. The molecular weight excluding hydrogens is 296 g/mol. The van der Waals surface area contributed by atoms with Crippen LogP contribution < -0.4 is 5.19 Å². The molecule has 0 heterocycles. The summed E-state index contributed by atoms with van der Waals surface area (Å²) in [5.41, 5.74) is 3.50. The minimum Gasteiger partial charge on any atom is -0.294 e. The topological polar surface area (TPSA) is 6.48 Å². The minimum absolute atomic E-state index is 0.261. The zero-order chi connectivity index (χ0) is 16.8. The SMILES string of the molecule is C=C(c1ccccc1)c1ccc([SiH2]CC(N(C)C)N(C)C)cc1. The van der Waals surface area contributed by atoms with E-state index in [1.807, 2.05) is 6.07 Å². The van der Waals surface area contributed by atoms with E-state index in [-0.39, 0.29) is 9.52 Å². The third kappa shape index (κ3) is 4.89. The Hall–Kier alpha value is -1.68. The fourth-order valence-corrected chi connectivity index (χ4v) is 5.15. The Kier molecular flexibility index (Phi) is 6.34. The lowest BCUT2D eigenvalue weighted by Crippen LogP contribution is -2.42. The van der Waals surface area contributed by atoms with Gasteiger partial charge >= 0.3 is 0 Å². The van der Waals surface area contributed by atoms with Crippen molar-refractivity contribution < 1.29 is 0 Å². The van der Waals surface area contributed by atoms with Crippen LogP contribution in [-0.4, -0.2) is 53.7 Å². The smallest absolute Gasteiger partial charge is 0.0586 e. The van der Waals surface area contributed by atoms with E-state index in [4.69, 9.17) is 0 Å². The highest BCUT2D eigenvalue weighted by molar-refractivity contribution is 6.53.